The Hall–Kier alpha value is -3.73. The van der Waals surface area contributed by atoms with Crippen molar-refractivity contribution in [1.82, 2.24) is 19.7 Å². The van der Waals surface area contributed by atoms with Crippen LogP contribution in [0.25, 0.3) is 0 Å². The van der Waals surface area contributed by atoms with Gasteiger partial charge < -0.3 is 10.6 Å². The third-order valence-electron chi connectivity index (χ3n) is 3.50. The van der Waals surface area contributed by atoms with Crippen LogP contribution in [0.4, 0.5) is 17.2 Å². The van der Waals surface area contributed by atoms with E-state index in [-0.39, 0.29) is 5.91 Å². The molecular weight excluding hydrogens is 318 g/mol. The van der Waals surface area contributed by atoms with E-state index in [4.69, 9.17) is 5.26 Å². The summed E-state index contributed by atoms with van der Waals surface area (Å²) in [5.74, 6) is 0.394. The molecule has 3 rings (SSSR count). The smallest absolute Gasteiger partial charge is 0.249 e. The number of pyridine rings is 1. The van der Waals surface area contributed by atoms with Gasteiger partial charge in [0.1, 0.15) is 36.3 Å². The second-order valence-corrected chi connectivity index (χ2v) is 5.26. The fourth-order valence-electron chi connectivity index (χ4n) is 2.14. The van der Waals surface area contributed by atoms with Gasteiger partial charge in [-0.25, -0.2) is 14.6 Å². The van der Waals surface area contributed by atoms with Crippen LogP contribution in [0.3, 0.4) is 0 Å². The molecule has 0 aliphatic rings. The van der Waals surface area contributed by atoms with Crippen LogP contribution in [0.5, 0.6) is 0 Å². The quantitative estimate of drug-likeness (QED) is 0.742. The van der Waals surface area contributed by atoms with Crippen molar-refractivity contribution in [2.45, 2.75) is 13.0 Å². The largest absolute Gasteiger partial charge is 0.340 e. The molecule has 0 aliphatic heterocycles. The van der Waals surface area contributed by atoms with Crippen molar-refractivity contribution in [1.29, 1.82) is 5.26 Å². The van der Waals surface area contributed by atoms with E-state index in [0.29, 0.717) is 17.2 Å². The van der Waals surface area contributed by atoms with Gasteiger partial charge in [0.25, 0.3) is 0 Å². The lowest BCUT2D eigenvalue weighted by Gasteiger charge is -2.12. The zero-order valence-corrected chi connectivity index (χ0v) is 13.4. The first kappa shape index (κ1) is 16.1. The topological polar surface area (TPSA) is 109 Å². The highest BCUT2D eigenvalue weighted by molar-refractivity contribution is 5.93. The lowest BCUT2D eigenvalue weighted by atomic mass is 10.2. The second-order valence-electron chi connectivity index (χ2n) is 5.26. The highest BCUT2D eigenvalue weighted by atomic mass is 16.2. The van der Waals surface area contributed by atoms with Crippen LogP contribution in [0, 0.1) is 11.3 Å². The molecule has 2 aromatic heterocycles. The molecule has 1 amide bonds. The van der Waals surface area contributed by atoms with Crippen molar-refractivity contribution < 1.29 is 4.79 Å². The van der Waals surface area contributed by atoms with Crippen LogP contribution in [-0.4, -0.2) is 25.7 Å². The monoisotopic (exact) mass is 333 g/mol. The first-order valence-corrected chi connectivity index (χ1v) is 7.55. The lowest BCUT2D eigenvalue weighted by molar-refractivity contribution is -0.119. The highest BCUT2D eigenvalue weighted by Crippen LogP contribution is 2.18. The third kappa shape index (κ3) is 3.97. The van der Waals surface area contributed by atoms with Crippen LogP contribution in [0.15, 0.2) is 55.1 Å². The standard InChI is InChI=1S/C17H15N7O/c1-12(24-11-19-10-20-24)17(25)23-14-7-5-13(6-8-14)21-16-4-2-3-15(9-18)22-16/h2-8,10-12H,1H3,(H,21,22)(H,23,25). The Balaban J connectivity index is 1.64. The van der Waals surface area contributed by atoms with Gasteiger partial charge >= 0.3 is 0 Å². The molecule has 0 radical (unpaired) electrons. The van der Waals surface area contributed by atoms with E-state index < -0.39 is 6.04 Å². The van der Waals surface area contributed by atoms with E-state index in [2.05, 4.69) is 25.7 Å². The van der Waals surface area contributed by atoms with Gasteiger partial charge in [-0.15, -0.1) is 0 Å². The van der Waals surface area contributed by atoms with E-state index in [1.807, 2.05) is 18.2 Å². The zero-order chi connectivity index (χ0) is 17.6. The molecule has 0 saturated heterocycles. The second kappa shape index (κ2) is 7.23. The number of nitrogens with one attached hydrogen (secondary N) is 2. The number of nitriles is 1. The van der Waals surface area contributed by atoms with E-state index in [0.717, 1.165) is 5.69 Å². The van der Waals surface area contributed by atoms with E-state index >= 15 is 0 Å². The van der Waals surface area contributed by atoms with E-state index in [1.54, 1.807) is 37.3 Å². The molecule has 3 aromatic rings. The van der Waals surface area contributed by atoms with E-state index in [1.165, 1.54) is 17.3 Å². The Morgan fingerprint density at radius 3 is 2.64 bits per heavy atom. The Kier molecular flexibility index (Phi) is 4.67. The van der Waals surface area contributed by atoms with Crippen molar-refractivity contribution in [3.8, 4) is 6.07 Å². The number of hydrogen-bond donors (Lipinski definition) is 2. The number of hydrogen-bond acceptors (Lipinski definition) is 6. The maximum atomic E-state index is 12.2. The van der Waals surface area contributed by atoms with Gasteiger partial charge in [0.15, 0.2) is 0 Å². The molecule has 1 unspecified atom stereocenters. The summed E-state index contributed by atoms with van der Waals surface area (Å²) >= 11 is 0. The minimum Gasteiger partial charge on any atom is -0.340 e. The van der Waals surface area contributed by atoms with Crippen molar-refractivity contribution in [3.63, 3.8) is 0 Å². The Morgan fingerprint density at radius 1 is 1.20 bits per heavy atom. The maximum Gasteiger partial charge on any atom is 0.249 e. The van der Waals surface area contributed by atoms with Crippen LogP contribution in [-0.2, 0) is 4.79 Å². The number of carbonyl (C=O) groups excluding carboxylic acids is 1. The molecule has 0 bridgehead atoms. The zero-order valence-electron chi connectivity index (χ0n) is 13.4. The summed E-state index contributed by atoms with van der Waals surface area (Å²) in [6.45, 7) is 1.74. The van der Waals surface area contributed by atoms with Crippen molar-refractivity contribution in [3.05, 3.63) is 60.8 Å². The molecule has 0 aliphatic carbocycles. The molecule has 1 atom stereocenters. The Morgan fingerprint density at radius 2 is 1.96 bits per heavy atom. The molecule has 8 heteroatoms. The SMILES string of the molecule is CC(C(=O)Nc1ccc(Nc2cccc(C#N)n2)cc1)n1cncn1. The Labute approximate surface area is 144 Å². The van der Waals surface area contributed by atoms with Crippen LogP contribution < -0.4 is 10.6 Å². The van der Waals surface area contributed by atoms with Gasteiger partial charge in [-0.1, -0.05) is 6.07 Å². The first-order chi connectivity index (χ1) is 12.2. The van der Waals surface area contributed by atoms with Gasteiger partial charge in [0, 0.05) is 11.4 Å². The van der Waals surface area contributed by atoms with Crippen LogP contribution in [0.1, 0.15) is 18.7 Å². The molecule has 2 heterocycles. The third-order valence-corrected chi connectivity index (χ3v) is 3.50. The summed E-state index contributed by atoms with van der Waals surface area (Å²) in [7, 11) is 0. The molecule has 0 fully saturated rings. The molecule has 1 aromatic carbocycles. The number of rotatable bonds is 5. The average Bonchev–Trinajstić information content (AvgIpc) is 3.17. The highest BCUT2D eigenvalue weighted by Gasteiger charge is 2.15. The van der Waals surface area contributed by atoms with Crippen molar-refractivity contribution >= 4 is 23.1 Å². The normalized spacial score (nSPS) is 11.4. The van der Waals surface area contributed by atoms with Gasteiger partial charge in [0.2, 0.25) is 5.91 Å². The molecule has 2 N–H and O–H groups in total. The number of amides is 1. The number of nitrogens with zero attached hydrogens (tertiary/aromatic N) is 5. The van der Waals surface area contributed by atoms with Crippen molar-refractivity contribution in [2.75, 3.05) is 10.6 Å². The molecule has 0 spiro atoms. The molecular formula is C17H15N7O. The predicted molar refractivity (Wildman–Crippen MR) is 92.0 cm³/mol. The van der Waals surface area contributed by atoms with Crippen LogP contribution in [0.2, 0.25) is 0 Å². The molecule has 25 heavy (non-hydrogen) atoms. The number of anilines is 3. The lowest BCUT2D eigenvalue weighted by Crippen LogP contribution is -2.23. The average molecular weight is 333 g/mol. The summed E-state index contributed by atoms with van der Waals surface area (Å²) in [6, 6.07) is 13.9. The molecule has 124 valence electrons. The fraction of sp³-hybridized carbons (Fsp3) is 0.118. The predicted octanol–water partition coefficient (Wildman–Crippen LogP) is 2.49. The van der Waals surface area contributed by atoms with Crippen LogP contribution >= 0.6 is 0 Å². The Bertz CT molecular complexity index is 898. The molecule has 0 saturated carbocycles. The number of benzene rings is 1. The van der Waals surface area contributed by atoms with Gasteiger partial charge in [-0.05, 0) is 43.3 Å². The summed E-state index contributed by atoms with van der Waals surface area (Å²) in [5, 5.41) is 18.8. The van der Waals surface area contributed by atoms with Gasteiger partial charge in [-0.2, -0.15) is 10.4 Å². The van der Waals surface area contributed by atoms with Gasteiger partial charge in [0.05, 0.1) is 0 Å². The summed E-state index contributed by atoms with van der Waals surface area (Å²) in [5.41, 5.74) is 1.81. The number of carbonyl (C=O) groups is 1. The summed E-state index contributed by atoms with van der Waals surface area (Å²) in [4.78, 5) is 20.2. The maximum absolute atomic E-state index is 12.2. The van der Waals surface area contributed by atoms with Gasteiger partial charge in [-0.3, -0.25) is 4.79 Å². The summed E-state index contributed by atoms with van der Waals surface area (Å²) in [6.07, 6.45) is 2.89. The first-order valence-electron chi connectivity index (χ1n) is 7.55. The van der Waals surface area contributed by atoms with Crippen molar-refractivity contribution in [2.24, 2.45) is 0 Å². The minimum absolute atomic E-state index is 0.186. The summed E-state index contributed by atoms with van der Waals surface area (Å²) < 4.78 is 1.49. The number of aromatic nitrogens is 4. The minimum atomic E-state index is -0.460. The van der Waals surface area contributed by atoms with E-state index in [9.17, 15) is 4.79 Å². The fourth-order valence-corrected chi connectivity index (χ4v) is 2.14. The molecule has 8 nitrogen and oxygen atoms in total.